The zero-order valence-corrected chi connectivity index (χ0v) is 30.0. The van der Waals surface area contributed by atoms with Crippen molar-refractivity contribution >= 4 is 21.8 Å². The summed E-state index contributed by atoms with van der Waals surface area (Å²) < 4.78 is 2.37. The number of benzene rings is 8. The Morgan fingerprint density at radius 3 is 1.31 bits per heavy atom. The van der Waals surface area contributed by atoms with Gasteiger partial charge in [0.05, 0.1) is 22.4 Å². The van der Waals surface area contributed by atoms with Gasteiger partial charge in [0.25, 0.3) is 0 Å². The molecule has 2 aromatic heterocycles. The predicted octanol–water partition coefficient (Wildman–Crippen LogP) is 13.6. The Labute approximate surface area is 320 Å². The molecule has 0 aliphatic rings. The molecule has 0 aliphatic heterocycles. The molecule has 0 fully saturated rings. The van der Waals surface area contributed by atoms with E-state index in [1.54, 1.807) is 0 Å². The SMILES string of the molecule is c1ccc(-c2cc(-c3ccccc3)nc(-c3cc(-c4ccccc4)c(-c4ccc5c(c4)c4ccccc4n5-c4ccccc4)c(-c4ccccc4)c3)n2)cc1. The second-order valence-electron chi connectivity index (χ2n) is 13.8. The summed E-state index contributed by atoms with van der Waals surface area (Å²) in [5.74, 6) is 0.683. The van der Waals surface area contributed by atoms with Gasteiger partial charge in [-0.2, -0.15) is 0 Å². The van der Waals surface area contributed by atoms with Crippen molar-refractivity contribution in [1.29, 1.82) is 0 Å². The summed E-state index contributed by atoms with van der Waals surface area (Å²) >= 11 is 0. The zero-order chi connectivity index (χ0) is 36.6. The summed E-state index contributed by atoms with van der Waals surface area (Å²) in [6, 6.07) is 75.2. The topological polar surface area (TPSA) is 30.7 Å². The van der Waals surface area contributed by atoms with Crippen molar-refractivity contribution in [2.75, 3.05) is 0 Å². The summed E-state index contributed by atoms with van der Waals surface area (Å²) in [6.07, 6.45) is 0. The van der Waals surface area contributed by atoms with E-state index in [2.05, 4.69) is 205 Å². The van der Waals surface area contributed by atoms with Gasteiger partial charge in [-0.1, -0.05) is 164 Å². The highest BCUT2D eigenvalue weighted by Gasteiger charge is 2.21. The second-order valence-corrected chi connectivity index (χ2v) is 13.8. The van der Waals surface area contributed by atoms with Gasteiger partial charge >= 0.3 is 0 Å². The van der Waals surface area contributed by atoms with Crippen LogP contribution in [0.3, 0.4) is 0 Å². The first-order valence-electron chi connectivity index (χ1n) is 18.7. The zero-order valence-electron chi connectivity index (χ0n) is 30.0. The van der Waals surface area contributed by atoms with Gasteiger partial charge < -0.3 is 4.57 Å². The van der Waals surface area contributed by atoms with Crippen LogP contribution in [0.15, 0.2) is 212 Å². The smallest absolute Gasteiger partial charge is 0.160 e. The Morgan fingerprint density at radius 1 is 0.309 bits per heavy atom. The fourth-order valence-corrected chi connectivity index (χ4v) is 7.85. The van der Waals surface area contributed by atoms with E-state index in [9.17, 15) is 0 Å². The van der Waals surface area contributed by atoms with Gasteiger partial charge in [-0.05, 0) is 81.9 Å². The summed E-state index contributed by atoms with van der Waals surface area (Å²) in [5.41, 5.74) is 15.2. The molecule has 0 N–H and O–H groups in total. The number of fused-ring (bicyclic) bond motifs is 3. The quantitative estimate of drug-likeness (QED) is 0.166. The van der Waals surface area contributed by atoms with Crippen molar-refractivity contribution < 1.29 is 0 Å². The first-order chi connectivity index (χ1) is 27.3. The van der Waals surface area contributed by atoms with E-state index in [0.717, 1.165) is 61.6 Å². The molecular formula is C52H35N3. The largest absolute Gasteiger partial charge is 0.309 e. The van der Waals surface area contributed by atoms with Gasteiger partial charge in [0.2, 0.25) is 0 Å². The van der Waals surface area contributed by atoms with Crippen LogP contribution < -0.4 is 0 Å². The van der Waals surface area contributed by atoms with Gasteiger partial charge in [0.1, 0.15) is 0 Å². The van der Waals surface area contributed by atoms with Crippen molar-refractivity contribution in [3.05, 3.63) is 212 Å². The van der Waals surface area contributed by atoms with Crippen LogP contribution in [0.25, 0.3) is 94.8 Å². The Kier molecular flexibility index (Phi) is 8.16. The third-order valence-electron chi connectivity index (χ3n) is 10.4. The van der Waals surface area contributed by atoms with Crippen LogP contribution in [-0.2, 0) is 0 Å². The Morgan fingerprint density at radius 2 is 0.764 bits per heavy atom. The fourth-order valence-electron chi connectivity index (χ4n) is 7.85. The number of nitrogens with zero attached hydrogens (tertiary/aromatic N) is 3. The molecule has 0 atom stereocenters. The Bertz CT molecular complexity index is 2820. The molecule has 0 aliphatic carbocycles. The highest BCUT2D eigenvalue weighted by Crippen LogP contribution is 2.45. The number of hydrogen-bond acceptors (Lipinski definition) is 2. The molecule has 0 saturated heterocycles. The van der Waals surface area contributed by atoms with Gasteiger partial charge in [-0.3, -0.25) is 0 Å². The van der Waals surface area contributed by atoms with E-state index in [1.807, 2.05) is 12.1 Å². The average molecular weight is 702 g/mol. The normalized spacial score (nSPS) is 11.3. The summed E-state index contributed by atoms with van der Waals surface area (Å²) in [6.45, 7) is 0. The monoisotopic (exact) mass is 701 g/mol. The molecule has 10 rings (SSSR count). The van der Waals surface area contributed by atoms with Gasteiger partial charge in [0, 0.05) is 33.2 Å². The van der Waals surface area contributed by atoms with Crippen molar-refractivity contribution in [2.24, 2.45) is 0 Å². The molecule has 0 saturated carbocycles. The lowest BCUT2D eigenvalue weighted by Crippen LogP contribution is -1.98. The van der Waals surface area contributed by atoms with Crippen LogP contribution in [0.1, 0.15) is 0 Å². The molecule has 3 heteroatoms. The number of aromatic nitrogens is 3. The summed E-state index contributed by atoms with van der Waals surface area (Å²) in [7, 11) is 0. The lowest BCUT2D eigenvalue weighted by Gasteiger charge is -2.19. The Balaban J connectivity index is 1.26. The minimum atomic E-state index is 0.683. The van der Waals surface area contributed by atoms with Gasteiger partial charge in [-0.25, -0.2) is 9.97 Å². The molecule has 0 radical (unpaired) electrons. The molecule has 2 heterocycles. The van der Waals surface area contributed by atoms with E-state index in [0.29, 0.717) is 5.82 Å². The van der Waals surface area contributed by atoms with Gasteiger partial charge in [-0.15, -0.1) is 0 Å². The van der Waals surface area contributed by atoms with E-state index < -0.39 is 0 Å². The third kappa shape index (κ3) is 5.98. The predicted molar refractivity (Wildman–Crippen MR) is 229 cm³/mol. The maximum absolute atomic E-state index is 5.26. The lowest BCUT2D eigenvalue weighted by molar-refractivity contribution is 1.18. The molecule has 0 amide bonds. The van der Waals surface area contributed by atoms with Crippen LogP contribution in [0.4, 0.5) is 0 Å². The molecule has 0 spiro atoms. The molecule has 3 nitrogen and oxygen atoms in total. The van der Waals surface area contributed by atoms with Crippen molar-refractivity contribution in [2.45, 2.75) is 0 Å². The summed E-state index contributed by atoms with van der Waals surface area (Å²) in [5, 5.41) is 2.44. The standard InChI is InChI=1S/C52H35N3/c1-6-18-36(19-7-1)44-33-41(52-53-47(38-22-10-3-11-23-38)35-48(54-52)39-24-12-4-13-25-39)34-45(37-20-8-2-9-21-37)51(44)40-30-31-50-46(32-40)43-28-16-17-29-49(43)55(50)42-26-14-5-15-27-42/h1-35H. The molecule has 8 aromatic carbocycles. The van der Waals surface area contributed by atoms with E-state index in [4.69, 9.17) is 9.97 Å². The van der Waals surface area contributed by atoms with Crippen LogP contribution in [-0.4, -0.2) is 14.5 Å². The van der Waals surface area contributed by atoms with Crippen molar-refractivity contribution in [1.82, 2.24) is 14.5 Å². The minimum absolute atomic E-state index is 0.683. The molecule has 55 heavy (non-hydrogen) atoms. The minimum Gasteiger partial charge on any atom is -0.309 e. The number of hydrogen-bond donors (Lipinski definition) is 0. The first kappa shape index (κ1) is 32.3. The highest BCUT2D eigenvalue weighted by atomic mass is 15.0. The highest BCUT2D eigenvalue weighted by molar-refractivity contribution is 6.11. The van der Waals surface area contributed by atoms with Crippen molar-refractivity contribution in [3.8, 4) is 73.0 Å². The van der Waals surface area contributed by atoms with Crippen LogP contribution in [0.2, 0.25) is 0 Å². The van der Waals surface area contributed by atoms with E-state index >= 15 is 0 Å². The number of rotatable bonds is 7. The maximum Gasteiger partial charge on any atom is 0.160 e. The number of para-hydroxylation sites is 2. The van der Waals surface area contributed by atoms with Crippen LogP contribution >= 0.6 is 0 Å². The van der Waals surface area contributed by atoms with Gasteiger partial charge in [0.15, 0.2) is 5.82 Å². The molecule has 10 aromatic rings. The van der Waals surface area contributed by atoms with E-state index in [1.165, 1.54) is 27.4 Å². The molecule has 0 bridgehead atoms. The van der Waals surface area contributed by atoms with Crippen molar-refractivity contribution in [3.63, 3.8) is 0 Å². The van der Waals surface area contributed by atoms with Crippen LogP contribution in [0, 0.1) is 0 Å². The average Bonchev–Trinajstić information content (AvgIpc) is 3.61. The van der Waals surface area contributed by atoms with Crippen LogP contribution in [0.5, 0.6) is 0 Å². The second kappa shape index (κ2) is 13.9. The van der Waals surface area contributed by atoms with E-state index in [-0.39, 0.29) is 0 Å². The maximum atomic E-state index is 5.26. The molecule has 0 unspecified atom stereocenters. The fraction of sp³-hybridized carbons (Fsp3) is 0. The third-order valence-corrected chi connectivity index (χ3v) is 10.4. The summed E-state index contributed by atoms with van der Waals surface area (Å²) in [4.78, 5) is 10.5. The Hall–Kier alpha value is -7.36. The first-order valence-corrected chi connectivity index (χ1v) is 18.7. The lowest BCUT2D eigenvalue weighted by atomic mass is 9.85. The molecular weight excluding hydrogens is 667 g/mol. The molecule has 258 valence electrons.